The van der Waals surface area contributed by atoms with Gasteiger partial charge in [-0.3, -0.25) is 0 Å². The van der Waals surface area contributed by atoms with Crippen molar-refractivity contribution in [3.05, 3.63) is 41.0 Å². The van der Waals surface area contributed by atoms with Crippen LogP contribution in [0.5, 0.6) is 5.75 Å². The minimum Gasteiger partial charge on any atom is -0.493 e. The third kappa shape index (κ3) is 5.76. The summed E-state index contributed by atoms with van der Waals surface area (Å²) < 4.78 is 10.9. The number of rotatable bonds is 9. The van der Waals surface area contributed by atoms with Gasteiger partial charge >= 0.3 is 0 Å². The zero-order chi connectivity index (χ0) is 15.0. The van der Waals surface area contributed by atoms with E-state index in [4.69, 9.17) is 9.47 Å². The molecule has 3 heteroatoms. The summed E-state index contributed by atoms with van der Waals surface area (Å²) in [5, 5.41) is 3.36. The molecule has 0 aliphatic heterocycles. The topological polar surface area (TPSA) is 30.5 Å². The highest BCUT2D eigenvalue weighted by molar-refractivity contribution is 5.43. The van der Waals surface area contributed by atoms with Crippen molar-refractivity contribution in [1.82, 2.24) is 5.32 Å². The van der Waals surface area contributed by atoms with Crippen molar-refractivity contribution in [3.8, 4) is 5.75 Å². The van der Waals surface area contributed by atoms with Crippen LogP contribution in [-0.4, -0.2) is 26.9 Å². The molecule has 1 aromatic rings. The Balaban J connectivity index is 2.59. The van der Waals surface area contributed by atoms with Gasteiger partial charge in [-0.25, -0.2) is 0 Å². The Hall–Kier alpha value is -1.32. The molecule has 3 nitrogen and oxygen atoms in total. The average molecular weight is 277 g/mol. The molecule has 0 fully saturated rings. The monoisotopic (exact) mass is 277 g/mol. The van der Waals surface area contributed by atoms with Crippen LogP contribution in [0.2, 0.25) is 0 Å². The second-order valence-electron chi connectivity index (χ2n) is 5.28. The maximum absolute atomic E-state index is 5.88. The summed E-state index contributed by atoms with van der Waals surface area (Å²) in [5.74, 6) is 1.01. The second-order valence-corrected chi connectivity index (χ2v) is 5.28. The first-order valence-corrected chi connectivity index (χ1v) is 7.11. The highest BCUT2D eigenvalue weighted by Crippen LogP contribution is 2.25. The van der Waals surface area contributed by atoms with E-state index in [9.17, 15) is 0 Å². The van der Waals surface area contributed by atoms with Crippen molar-refractivity contribution in [2.24, 2.45) is 0 Å². The molecule has 0 saturated heterocycles. The van der Waals surface area contributed by atoms with Gasteiger partial charge in [-0.05, 0) is 37.5 Å². The van der Waals surface area contributed by atoms with Gasteiger partial charge < -0.3 is 14.8 Å². The highest BCUT2D eigenvalue weighted by Gasteiger charge is 2.06. The molecule has 0 aromatic heterocycles. The summed E-state index contributed by atoms with van der Waals surface area (Å²) in [7, 11) is 1.72. The lowest BCUT2D eigenvalue weighted by molar-refractivity contribution is 0.199. The number of benzene rings is 1. The molecule has 1 N–H and O–H groups in total. The number of nitrogens with one attached hydrogen (secondary N) is 1. The van der Waals surface area contributed by atoms with E-state index < -0.39 is 0 Å². The van der Waals surface area contributed by atoms with E-state index in [2.05, 4.69) is 37.9 Å². The van der Waals surface area contributed by atoms with Gasteiger partial charge in [-0.1, -0.05) is 17.7 Å². The van der Waals surface area contributed by atoms with Crippen molar-refractivity contribution in [3.63, 3.8) is 0 Å². The van der Waals surface area contributed by atoms with Crippen LogP contribution in [0.4, 0.5) is 0 Å². The van der Waals surface area contributed by atoms with Crippen LogP contribution in [0, 0.1) is 13.8 Å². The SMILES string of the molecule is C=C(C)CCOc1c(C)cc(CNCCOC)cc1C. The molecule has 0 amide bonds. The molecule has 112 valence electrons. The normalized spacial score (nSPS) is 10.6. The van der Waals surface area contributed by atoms with Crippen LogP contribution >= 0.6 is 0 Å². The van der Waals surface area contributed by atoms with Gasteiger partial charge in [-0.15, -0.1) is 6.58 Å². The molecule has 0 heterocycles. The minimum atomic E-state index is 0.697. The lowest BCUT2D eigenvalue weighted by Gasteiger charge is -2.14. The summed E-state index contributed by atoms with van der Waals surface area (Å²) in [4.78, 5) is 0. The predicted molar refractivity (Wildman–Crippen MR) is 84.4 cm³/mol. The Kier molecular flexibility index (Phi) is 7.34. The largest absolute Gasteiger partial charge is 0.493 e. The number of hydrogen-bond acceptors (Lipinski definition) is 3. The van der Waals surface area contributed by atoms with Crippen LogP contribution in [-0.2, 0) is 11.3 Å². The zero-order valence-corrected chi connectivity index (χ0v) is 13.2. The summed E-state index contributed by atoms with van der Waals surface area (Å²) in [6, 6.07) is 4.37. The van der Waals surface area contributed by atoms with Crippen LogP contribution in [0.3, 0.4) is 0 Å². The quantitative estimate of drug-likeness (QED) is 0.554. The molecule has 0 radical (unpaired) electrons. The fourth-order valence-electron chi connectivity index (χ4n) is 2.10. The Morgan fingerprint density at radius 2 is 1.85 bits per heavy atom. The maximum Gasteiger partial charge on any atom is 0.125 e. The number of hydrogen-bond donors (Lipinski definition) is 1. The molecule has 0 saturated carbocycles. The van der Waals surface area contributed by atoms with E-state index in [1.54, 1.807) is 7.11 Å². The summed E-state index contributed by atoms with van der Waals surface area (Å²) in [5.41, 5.74) is 4.81. The molecule has 1 aromatic carbocycles. The maximum atomic E-state index is 5.88. The van der Waals surface area contributed by atoms with Gasteiger partial charge in [0.2, 0.25) is 0 Å². The summed E-state index contributed by atoms with van der Waals surface area (Å²) in [6.07, 6.45) is 0.902. The Bertz CT molecular complexity index is 418. The molecule has 20 heavy (non-hydrogen) atoms. The van der Waals surface area contributed by atoms with Gasteiger partial charge in [0.15, 0.2) is 0 Å². The standard InChI is InChI=1S/C17H27NO2/c1-13(2)6-8-20-17-14(3)10-16(11-15(17)4)12-18-7-9-19-5/h10-11,18H,1,6-9,12H2,2-5H3. The number of methoxy groups -OCH3 is 1. The van der Waals surface area contributed by atoms with Crippen molar-refractivity contribution < 1.29 is 9.47 Å². The Morgan fingerprint density at radius 1 is 1.20 bits per heavy atom. The molecule has 0 bridgehead atoms. The molecule has 1 rings (SSSR count). The lowest BCUT2D eigenvalue weighted by Crippen LogP contribution is -2.18. The Morgan fingerprint density at radius 3 is 2.40 bits per heavy atom. The average Bonchev–Trinajstić information content (AvgIpc) is 2.37. The second kappa shape index (κ2) is 8.77. The van der Waals surface area contributed by atoms with Gasteiger partial charge in [0.05, 0.1) is 13.2 Å². The number of aryl methyl sites for hydroxylation is 2. The molecule has 0 spiro atoms. The summed E-state index contributed by atoms with van der Waals surface area (Å²) >= 11 is 0. The molecular weight excluding hydrogens is 250 g/mol. The predicted octanol–water partition coefficient (Wildman–Crippen LogP) is 3.38. The molecule has 0 aliphatic carbocycles. The van der Waals surface area contributed by atoms with Crippen LogP contribution in [0.1, 0.15) is 30.0 Å². The third-order valence-corrected chi connectivity index (χ3v) is 3.11. The molecule has 0 atom stereocenters. The minimum absolute atomic E-state index is 0.697. The highest BCUT2D eigenvalue weighted by atomic mass is 16.5. The molecular formula is C17H27NO2. The first kappa shape index (κ1) is 16.7. The van der Waals surface area contributed by atoms with E-state index in [1.165, 1.54) is 16.7 Å². The van der Waals surface area contributed by atoms with Crippen LogP contribution in [0.15, 0.2) is 24.3 Å². The number of ether oxygens (including phenoxy) is 2. The van der Waals surface area contributed by atoms with Gasteiger partial charge in [0.25, 0.3) is 0 Å². The van der Waals surface area contributed by atoms with Crippen molar-refractivity contribution >= 4 is 0 Å². The van der Waals surface area contributed by atoms with Crippen LogP contribution in [0.25, 0.3) is 0 Å². The third-order valence-electron chi connectivity index (χ3n) is 3.11. The van der Waals surface area contributed by atoms with E-state index in [-0.39, 0.29) is 0 Å². The van der Waals surface area contributed by atoms with Gasteiger partial charge in [0.1, 0.15) is 5.75 Å². The smallest absolute Gasteiger partial charge is 0.125 e. The van der Waals surface area contributed by atoms with Crippen molar-refractivity contribution in [1.29, 1.82) is 0 Å². The van der Waals surface area contributed by atoms with E-state index in [1.807, 2.05) is 6.92 Å². The first-order chi connectivity index (χ1) is 9.54. The van der Waals surface area contributed by atoms with Gasteiger partial charge in [0, 0.05) is 26.6 Å². The summed E-state index contributed by atoms with van der Waals surface area (Å²) in [6.45, 7) is 13.3. The molecule has 0 aliphatic rings. The van der Waals surface area contributed by atoms with Crippen molar-refractivity contribution in [2.45, 2.75) is 33.7 Å². The van der Waals surface area contributed by atoms with Crippen LogP contribution < -0.4 is 10.1 Å². The van der Waals surface area contributed by atoms with E-state index in [0.29, 0.717) is 6.61 Å². The Labute approximate surface area is 123 Å². The fraction of sp³-hybridized carbons (Fsp3) is 0.529. The first-order valence-electron chi connectivity index (χ1n) is 7.11. The van der Waals surface area contributed by atoms with Crippen molar-refractivity contribution in [2.75, 3.05) is 26.9 Å². The zero-order valence-electron chi connectivity index (χ0n) is 13.2. The van der Waals surface area contributed by atoms with Gasteiger partial charge in [-0.2, -0.15) is 0 Å². The van der Waals surface area contributed by atoms with E-state index >= 15 is 0 Å². The fourth-order valence-corrected chi connectivity index (χ4v) is 2.10. The lowest BCUT2D eigenvalue weighted by atomic mass is 10.1. The molecule has 0 unspecified atom stereocenters. The van der Waals surface area contributed by atoms with E-state index in [0.717, 1.165) is 37.4 Å².